The normalized spacial score (nSPS) is 8.50. The fraction of sp³-hybridized carbons (Fsp3) is 0.182. The van der Waals surface area contributed by atoms with Gasteiger partial charge in [-0.05, 0) is 17.7 Å². The first-order chi connectivity index (χ1) is 8.77. The number of carbonyl (C=O) groups excluding carboxylic acids is 1. The molecule has 0 heterocycles. The van der Waals surface area contributed by atoms with E-state index in [9.17, 15) is 4.79 Å². The van der Waals surface area contributed by atoms with E-state index in [4.69, 9.17) is 16.1 Å². The largest absolute Gasteiger partial charge is 0.482 e. The van der Waals surface area contributed by atoms with E-state index in [1.807, 2.05) is 5.43 Å². The van der Waals surface area contributed by atoms with Crippen LogP contribution in [0.25, 0.3) is 10.4 Å². The summed E-state index contributed by atoms with van der Waals surface area (Å²) < 4.78 is 5.25. The van der Waals surface area contributed by atoms with Crippen LogP contribution in [0, 0.1) is 11.8 Å². The van der Waals surface area contributed by atoms with Gasteiger partial charge in [0.1, 0.15) is 5.75 Å². The van der Waals surface area contributed by atoms with Gasteiger partial charge in [-0.25, -0.2) is 5.84 Å². The molecule has 0 fully saturated rings. The maximum absolute atomic E-state index is 10.9. The number of carbonyl (C=O) groups is 1. The predicted molar refractivity (Wildman–Crippen MR) is 65.2 cm³/mol. The summed E-state index contributed by atoms with van der Waals surface area (Å²) in [5.74, 6) is 10.4. The Morgan fingerprint density at radius 2 is 2.33 bits per heavy atom. The Hall–Kier alpha value is -2.68. The standard InChI is InChI=1S/C11H11N5O2/c12-15-11(17)8-18-10-6-2-1-4-9(10)5-3-7-14-16-13/h1-2,4,6H,7-8,12H2,(H,15,17). The van der Waals surface area contributed by atoms with Gasteiger partial charge >= 0.3 is 0 Å². The van der Waals surface area contributed by atoms with Gasteiger partial charge in [0.2, 0.25) is 0 Å². The lowest BCUT2D eigenvalue weighted by Crippen LogP contribution is -2.34. The quantitative estimate of drug-likeness (QED) is 0.155. The highest BCUT2D eigenvalue weighted by molar-refractivity contribution is 5.76. The van der Waals surface area contributed by atoms with Gasteiger partial charge in [-0.1, -0.05) is 29.1 Å². The summed E-state index contributed by atoms with van der Waals surface area (Å²) in [6, 6.07) is 6.96. The van der Waals surface area contributed by atoms with Crippen molar-refractivity contribution in [2.75, 3.05) is 13.2 Å². The number of ether oxygens (including phenoxy) is 1. The van der Waals surface area contributed by atoms with Crippen molar-refractivity contribution in [1.82, 2.24) is 5.43 Å². The van der Waals surface area contributed by atoms with Gasteiger partial charge in [0.25, 0.3) is 5.91 Å². The number of nitrogens with zero attached hydrogens (tertiary/aromatic N) is 3. The zero-order valence-corrected chi connectivity index (χ0v) is 9.46. The van der Waals surface area contributed by atoms with Gasteiger partial charge in [0.15, 0.2) is 6.61 Å². The van der Waals surface area contributed by atoms with E-state index >= 15 is 0 Å². The van der Waals surface area contributed by atoms with E-state index in [1.165, 1.54) is 0 Å². The van der Waals surface area contributed by atoms with Crippen LogP contribution in [0.4, 0.5) is 0 Å². The van der Waals surface area contributed by atoms with E-state index < -0.39 is 5.91 Å². The van der Waals surface area contributed by atoms with Crippen molar-refractivity contribution in [2.24, 2.45) is 11.0 Å². The summed E-state index contributed by atoms with van der Waals surface area (Å²) in [4.78, 5) is 13.5. The predicted octanol–water partition coefficient (Wildman–Crippen LogP) is 0.717. The van der Waals surface area contributed by atoms with Crippen molar-refractivity contribution in [3.05, 3.63) is 40.3 Å². The molecule has 0 radical (unpaired) electrons. The molecule has 1 amide bonds. The number of amides is 1. The Kier molecular flexibility index (Phi) is 5.63. The van der Waals surface area contributed by atoms with Crippen molar-refractivity contribution in [1.29, 1.82) is 0 Å². The lowest BCUT2D eigenvalue weighted by Gasteiger charge is -2.06. The second-order valence-corrected chi connectivity index (χ2v) is 3.04. The van der Waals surface area contributed by atoms with Crippen LogP contribution < -0.4 is 16.0 Å². The maximum atomic E-state index is 10.9. The van der Waals surface area contributed by atoms with Crippen molar-refractivity contribution < 1.29 is 9.53 Å². The molecular weight excluding hydrogens is 234 g/mol. The molecule has 18 heavy (non-hydrogen) atoms. The Balaban J connectivity index is 2.74. The van der Waals surface area contributed by atoms with Crippen molar-refractivity contribution in [3.63, 3.8) is 0 Å². The molecule has 0 aliphatic carbocycles. The molecule has 0 aliphatic rings. The van der Waals surface area contributed by atoms with E-state index in [2.05, 4.69) is 21.9 Å². The fourth-order valence-corrected chi connectivity index (χ4v) is 1.08. The lowest BCUT2D eigenvalue weighted by atomic mass is 10.2. The number of hydrazine groups is 1. The molecule has 0 aromatic heterocycles. The van der Waals surface area contributed by atoms with Gasteiger partial charge < -0.3 is 4.74 Å². The molecule has 7 heteroatoms. The fourth-order valence-electron chi connectivity index (χ4n) is 1.08. The number of para-hydroxylation sites is 1. The van der Waals surface area contributed by atoms with Crippen molar-refractivity contribution in [3.8, 4) is 17.6 Å². The van der Waals surface area contributed by atoms with Gasteiger partial charge in [0, 0.05) is 4.91 Å². The third-order valence-corrected chi connectivity index (χ3v) is 1.84. The minimum absolute atomic E-state index is 0.0775. The third-order valence-electron chi connectivity index (χ3n) is 1.84. The highest BCUT2D eigenvalue weighted by Crippen LogP contribution is 2.16. The highest BCUT2D eigenvalue weighted by Gasteiger charge is 2.03. The monoisotopic (exact) mass is 245 g/mol. The van der Waals surface area contributed by atoms with E-state index in [-0.39, 0.29) is 13.2 Å². The van der Waals surface area contributed by atoms with Crippen LogP contribution in [0.1, 0.15) is 5.56 Å². The molecule has 3 N–H and O–H groups in total. The molecule has 0 spiro atoms. The second-order valence-electron chi connectivity index (χ2n) is 3.04. The number of nitrogens with one attached hydrogen (secondary N) is 1. The zero-order valence-electron chi connectivity index (χ0n) is 9.46. The van der Waals surface area contributed by atoms with Crippen LogP contribution in [0.2, 0.25) is 0 Å². The van der Waals surface area contributed by atoms with Gasteiger partial charge in [0.05, 0.1) is 12.1 Å². The molecule has 0 saturated carbocycles. The first-order valence-corrected chi connectivity index (χ1v) is 4.99. The maximum Gasteiger partial charge on any atom is 0.271 e. The molecule has 0 unspecified atom stereocenters. The van der Waals surface area contributed by atoms with Crippen LogP contribution in [-0.4, -0.2) is 19.1 Å². The van der Waals surface area contributed by atoms with Crippen LogP contribution in [0.3, 0.4) is 0 Å². The molecule has 1 aromatic carbocycles. The number of hydrogen-bond donors (Lipinski definition) is 2. The first-order valence-electron chi connectivity index (χ1n) is 4.99. The highest BCUT2D eigenvalue weighted by atomic mass is 16.5. The Bertz CT molecular complexity index is 526. The number of azide groups is 1. The molecule has 0 atom stereocenters. The van der Waals surface area contributed by atoms with Crippen molar-refractivity contribution in [2.45, 2.75) is 0 Å². The summed E-state index contributed by atoms with van der Waals surface area (Å²) in [5.41, 5.74) is 10.7. The zero-order chi connectivity index (χ0) is 13.2. The topological polar surface area (TPSA) is 113 Å². The first kappa shape index (κ1) is 13.4. The lowest BCUT2D eigenvalue weighted by molar-refractivity contribution is -0.123. The minimum Gasteiger partial charge on any atom is -0.482 e. The Morgan fingerprint density at radius 1 is 1.56 bits per heavy atom. The Labute approximate surface area is 104 Å². The smallest absolute Gasteiger partial charge is 0.271 e. The average molecular weight is 245 g/mol. The van der Waals surface area contributed by atoms with Crippen LogP contribution in [0.5, 0.6) is 5.75 Å². The van der Waals surface area contributed by atoms with E-state index in [0.29, 0.717) is 11.3 Å². The van der Waals surface area contributed by atoms with Gasteiger partial charge in [-0.2, -0.15) is 0 Å². The minimum atomic E-state index is -0.438. The number of hydrogen-bond acceptors (Lipinski definition) is 4. The molecule has 0 bridgehead atoms. The molecule has 0 aliphatic heterocycles. The Morgan fingerprint density at radius 3 is 3.06 bits per heavy atom. The molecule has 1 aromatic rings. The summed E-state index contributed by atoms with van der Waals surface area (Å²) in [6.07, 6.45) is 0. The van der Waals surface area contributed by atoms with Crippen LogP contribution >= 0.6 is 0 Å². The van der Waals surface area contributed by atoms with Crippen LogP contribution in [0.15, 0.2) is 29.4 Å². The van der Waals surface area contributed by atoms with E-state index in [1.54, 1.807) is 24.3 Å². The number of rotatable bonds is 4. The second kappa shape index (κ2) is 7.57. The summed E-state index contributed by atoms with van der Waals surface area (Å²) >= 11 is 0. The molecule has 7 nitrogen and oxygen atoms in total. The SMILES string of the molecule is [N-]=[N+]=NCC#Cc1ccccc1OCC(=O)NN. The molecular formula is C11H11N5O2. The molecule has 1 rings (SSSR count). The summed E-state index contributed by atoms with van der Waals surface area (Å²) in [5, 5.41) is 3.29. The van der Waals surface area contributed by atoms with Gasteiger partial charge in [-0.3, -0.25) is 10.2 Å². The average Bonchev–Trinajstić information content (AvgIpc) is 2.42. The molecule has 0 saturated heterocycles. The van der Waals surface area contributed by atoms with E-state index in [0.717, 1.165) is 0 Å². The van der Waals surface area contributed by atoms with Crippen molar-refractivity contribution >= 4 is 5.91 Å². The summed E-state index contributed by atoms with van der Waals surface area (Å²) in [6.45, 7) is -0.111. The number of benzene rings is 1. The molecule has 92 valence electrons. The number of nitrogens with two attached hydrogens (primary N) is 1. The van der Waals surface area contributed by atoms with Crippen LogP contribution in [-0.2, 0) is 4.79 Å². The summed E-state index contributed by atoms with van der Waals surface area (Å²) in [7, 11) is 0. The third kappa shape index (κ3) is 4.45. The van der Waals surface area contributed by atoms with Gasteiger partial charge in [-0.15, -0.1) is 0 Å².